The third-order valence-corrected chi connectivity index (χ3v) is 5.02. The first-order chi connectivity index (χ1) is 12.8. The van der Waals surface area contributed by atoms with Crippen LogP contribution >= 0.6 is 35.0 Å². The molecule has 27 heavy (non-hydrogen) atoms. The molecule has 3 amide bonds. The largest absolute Gasteiger partial charge is 0.325 e. The fourth-order valence-corrected chi connectivity index (χ4v) is 3.57. The van der Waals surface area contributed by atoms with Crippen LogP contribution in [-0.2, 0) is 9.59 Å². The van der Waals surface area contributed by atoms with Gasteiger partial charge in [0.1, 0.15) is 12.4 Å². The van der Waals surface area contributed by atoms with Crippen LogP contribution in [0.3, 0.4) is 0 Å². The van der Waals surface area contributed by atoms with Crippen LogP contribution in [0, 0.1) is 5.82 Å². The molecule has 0 aromatic heterocycles. The average molecular weight is 425 g/mol. The molecule has 1 fully saturated rings. The molecule has 2 aromatic rings. The molecule has 0 unspecified atom stereocenters. The van der Waals surface area contributed by atoms with E-state index in [1.54, 1.807) is 12.1 Å². The summed E-state index contributed by atoms with van der Waals surface area (Å²) in [6, 6.07) is 9.89. The van der Waals surface area contributed by atoms with Gasteiger partial charge in [-0.2, -0.15) is 0 Å². The van der Waals surface area contributed by atoms with Crippen LogP contribution in [0.5, 0.6) is 0 Å². The first-order valence-corrected chi connectivity index (χ1v) is 9.16. The van der Waals surface area contributed by atoms with E-state index in [1.807, 2.05) is 0 Å². The van der Waals surface area contributed by atoms with Gasteiger partial charge in [0.05, 0.1) is 4.91 Å². The Morgan fingerprint density at radius 3 is 2.52 bits per heavy atom. The third-order valence-electron chi connectivity index (χ3n) is 3.55. The molecule has 0 atom stereocenters. The predicted molar refractivity (Wildman–Crippen MR) is 104 cm³/mol. The summed E-state index contributed by atoms with van der Waals surface area (Å²) in [4.78, 5) is 37.6. The standard InChI is InChI=1S/C18H11Cl2FN2O3S/c19-11-2-1-10(14(20)8-11)7-15-17(25)23(18(26)27-15)9-16(24)22-13-5-3-12(21)4-6-13/h1-8H,9H2,(H,22,24)/b15-7-. The summed E-state index contributed by atoms with van der Waals surface area (Å²) in [5.41, 5.74) is 0.888. The predicted octanol–water partition coefficient (Wildman–Crippen LogP) is 4.81. The van der Waals surface area contributed by atoms with Gasteiger partial charge in [-0.25, -0.2) is 4.39 Å². The van der Waals surface area contributed by atoms with E-state index in [9.17, 15) is 18.8 Å². The van der Waals surface area contributed by atoms with Crippen LogP contribution in [0.4, 0.5) is 14.9 Å². The average Bonchev–Trinajstić information content (AvgIpc) is 2.87. The minimum absolute atomic E-state index is 0.152. The van der Waals surface area contributed by atoms with Crippen molar-refractivity contribution in [3.05, 3.63) is 68.8 Å². The molecular weight excluding hydrogens is 414 g/mol. The number of thioether (sulfide) groups is 1. The van der Waals surface area contributed by atoms with Gasteiger partial charge in [0.2, 0.25) is 5.91 Å². The maximum Gasteiger partial charge on any atom is 0.294 e. The Morgan fingerprint density at radius 1 is 1.15 bits per heavy atom. The maximum absolute atomic E-state index is 12.9. The quantitative estimate of drug-likeness (QED) is 0.715. The maximum atomic E-state index is 12.9. The SMILES string of the molecule is O=C(CN1C(=O)S/C(=C\c2ccc(Cl)cc2Cl)C1=O)Nc1ccc(F)cc1. The fourth-order valence-electron chi connectivity index (χ4n) is 2.27. The number of nitrogens with one attached hydrogen (secondary N) is 1. The molecule has 138 valence electrons. The van der Waals surface area contributed by atoms with Gasteiger partial charge in [-0.1, -0.05) is 29.3 Å². The Balaban J connectivity index is 1.71. The summed E-state index contributed by atoms with van der Waals surface area (Å²) in [6.45, 7) is -0.451. The van der Waals surface area contributed by atoms with Gasteiger partial charge in [0.25, 0.3) is 11.1 Å². The highest BCUT2D eigenvalue weighted by Crippen LogP contribution is 2.33. The molecule has 1 saturated heterocycles. The Morgan fingerprint density at radius 2 is 1.85 bits per heavy atom. The van der Waals surface area contributed by atoms with Crippen molar-refractivity contribution in [3.63, 3.8) is 0 Å². The second-order valence-corrected chi connectivity index (χ2v) is 7.33. The highest BCUT2D eigenvalue weighted by atomic mass is 35.5. The van der Waals surface area contributed by atoms with Crippen LogP contribution in [0.1, 0.15) is 5.56 Å². The number of benzene rings is 2. The number of rotatable bonds is 4. The summed E-state index contributed by atoms with van der Waals surface area (Å²) >= 11 is 12.6. The molecule has 3 rings (SSSR count). The van der Waals surface area contributed by atoms with Crippen LogP contribution in [-0.4, -0.2) is 28.5 Å². The van der Waals surface area contributed by atoms with E-state index >= 15 is 0 Å². The molecule has 0 aliphatic carbocycles. The molecule has 0 radical (unpaired) electrons. The Labute approximate surface area is 168 Å². The number of imide groups is 1. The van der Waals surface area contributed by atoms with Gasteiger partial charge in [-0.05, 0) is 59.8 Å². The normalized spacial score (nSPS) is 15.5. The molecule has 1 N–H and O–H groups in total. The lowest BCUT2D eigenvalue weighted by atomic mass is 10.2. The lowest BCUT2D eigenvalue weighted by Crippen LogP contribution is -2.36. The first kappa shape index (κ1) is 19.4. The monoisotopic (exact) mass is 424 g/mol. The van der Waals surface area contributed by atoms with E-state index in [1.165, 1.54) is 36.4 Å². The lowest BCUT2D eigenvalue weighted by molar-refractivity contribution is -0.127. The number of carbonyl (C=O) groups is 3. The van der Waals surface area contributed by atoms with E-state index in [0.717, 1.165) is 16.7 Å². The van der Waals surface area contributed by atoms with Gasteiger partial charge in [-0.15, -0.1) is 0 Å². The van der Waals surface area contributed by atoms with Crippen LogP contribution < -0.4 is 5.32 Å². The van der Waals surface area contributed by atoms with E-state index in [4.69, 9.17) is 23.2 Å². The fraction of sp³-hybridized carbons (Fsp3) is 0.0556. The van der Waals surface area contributed by atoms with Crippen molar-refractivity contribution in [1.82, 2.24) is 4.90 Å². The number of anilines is 1. The minimum atomic E-state index is -0.592. The van der Waals surface area contributed by atoms with Gasteiger partial charge in [-0.3, -0.25) is 19.3 Å². The summed E-state index contributed by atoms with van der Waals surface area (Å²) in [5, 5.41) is 2.72. The van der Waals surface area contributed by atoms with Gasteiger partial charge in [0.15, 0.2) is 0 Å². The number of nitrogens with zero attached hydrogens (tertiary/aromatic N) is 1. The zero-order valence-electron chi connectivity index (χ0n) is 13.5. The molecule has 1 aliphatic rings. The number of hydrogen-bond donors (Lipinski definition) is 1. The molecule has 9 heteroatoms. The summed E-state index contributed by atoms with van der Waals surface area (Å²) in [5.74, 6) is -1.61. The molecule has 0 spiro atoms. The van der Waals surface area contributed by atoms with Crippen molar-refractivity contribution < 1.29 is 18.8 Å². The Bertz CT molecular complexity index is 964. The topological polar surface area (TPSA) is 66.5 Å². The summed E-state index contributed by atoms with van der Waals surface area (Å²) in [6.07, 6.45) is 1.47. The van der Waals surface area contributed by atoms with Gasteiger partial charge in [0, 0.05) is 15.7 Å². The zero-order chi connectivity index (χ0) is 19.6. The van der Waals surface area contributed by atoms with E-state index in [0.29, 0.717) is 21.3 Å². The number of carbonyl (C=O) groups excluding carboxylic acids is 3. The van der Waals surface area contributed by atoms with Gasteiger partial charge < -0.3 is 5.32 Å². The molecule has 1 aliphatic heterocycles. The smallest absolute Gasteiger partial charge is 0.294 e. The second kappa shape index (κ2) is 8.12. The number of hydrogen-bond acceptors (Lipinski definition) is 4. The van der Waals surface area contributed by atoms with Crippen molar-refractivity contribution in [1.29, 1.82) is 0 Å². The minimum Gasteiger partial charge on any atom is -0.325 e. The Kier molecular flexibility index (Phi) is 5.84. The van der Waals surface area contributed by atoms with E-state index in [-0.39, 0.29) is 4.91 Å². The molecule has 5 nitrogen and oxygen atoms in total. The molecule has 0 bridgehead atoms. The van der Waals surface area contributed by atoms with Crippen molar-refractivity contribution >= 4 is 63.8 Å². The third kappa shape index (κ3) is 4.68. The molecular formula is C18H11Cl2FN2O3S. The van der Waals surface area contributed by atoms with Crippen LogP contribution in [0.15, 0.2) is 47.4 Å². The first-order valence-electron chi connectivity index (χ1n) is 7.59. The van der Waals surface area contributed by atoms with E-state index < -0.39 is 29.4 Å². The van der Waals surface area contributed by atoms with Crippen LogP contribution in [0.25, 0.3) is 6.08 Å². The summed E-state index contributed by atoms with van der Waals surface area (Å²) < 4.78 is 12.9. The Hall–Kier alpha value is -2.35. The molecule has 2 aromatic carbocycles. The molecule has 1 heterocycles. The highest BCUT2D eigenvalue weighted by Gasteiger charge is 2.36. The van der Waals surface area contributed by atoms with Crippen molar-refractivity contribution in [2.75, 3.05) is 11.9 Å². The lowest BCUT2D eigenvalue weighted by Gasteiger charge is -2.12. The summed E-state index contributed by atoms with van der Waals surface area (Å²) in [7, 11) is 0. The van der Waals surface area contributed by atoms with Crippen molar-refractivity contribution in [2.24, 2.45) is 0 Å². The van der Waals surface area contributed by atoms with Gasteiger partial charge >= 0.3 is 0 Å². The molecule has 0 saturated carbocycles. The highest BCUT2D eigenvalue weighted by molar-refractivity contribution is 8.18. The number of amides is 3. The number of halogens is 3. The van der Waals surface area contributed by atoms with Crippen molar-refractivity contribution in [2.45, 2.75) is 0 Å². The zero-order valence-corrected chi connectivity index (χ0v) is 15.9. The van der Waals surface area contributed by atoms with Crippen LogP contribution in [0.2, 0.25) is 10.0 Å². The second-order valence-electron chi connectivity index (χ2n) is 5.49. The van der Waals surface area contributed by atoms with E-state index in [2.05, 4.69) is 5.32 Å². The van der Waals surface area contributed by atoms with Crippen molar-refractivity contribution in [3.8, 4) is 0 Å².